The summed E-state index contributed by atoms with van der Waals surface area (Å²) in [6.07, 6.45) is -3.56. The molecular formula is C15H16ClF3N4O4. The van der Waals surface area contributed by atoms with Crippen LogP contribution in [-0.2, 0) is 11.8 Å². The van der Waals surface area contributed by atoms with E-state index in [0.717, 1.165) is 0 Å². The topological polar surface area (TPSA) is 133 Å². The van der Waals surface area contributed by atoms with Crippen LogP contribution >= 0.6 is 11.6 Å². The summed E-state index contributed by atoms with van der Waals surface area (Å²) in [5.74, 6) is -2.96. The largest absolute Gasteiger partial charge is 0.491 e. The SMILES string of the molecule is Cn1ncc(Cl)c1-c1cccc(C(N)=O)c1OCCN.O=C(O)C(F)(F)F. The Balaban J connectivity index is 0.000000445. The van der Waals surface area contributed by atoms with Crippen molar-refractivity contribution < 1.29 is 32.6 Å². The van der Waals surface area contributed by atoms with E-state index < -0.39 is 18.1 Å². The molecule has 0 bridgehead atoms. The van der Waals surface area contributed by atoms with E-state index in [1.54, 1.807) is 29.9 Å². The molecule has 0 spiro atoms. The number of carboxylic acid groups (broad SMARTS) is 1. The standard InChI is InChI=1S/C13H15ClN4O2.C2HF3O2/c1-18-11(10(14)7-17-18)8-3-2-4-9(13(16)19)12(8)20-6-5-15;3-2(4,5)1(6)7/h2-4,7H,5-6,15H2,1H3,(H2,16,19);(H,6,7). The van der Waals surface area contributed by atoms with Crippen molar-refractivity contribution in [2.45, 2.75) is 6.18 Å². The molecule has 0 saturated heterocycles. The first-order chi connectivity index (χ1) is 12.5. The summed E-state index contributed by atoms with van der Waals surface area (Å²) in [6.45, 7) is 0.596. The number of ether oxygens (including phenoxy) is 1. The summed E-state index contributed by atoms with van der Waals surface area (Å²) in [5, 5.41) is 11.7. The van der Waals surface area contributed by atoms with Crippen LogP contribution in [0.3, 0.4) is 0 Å². The monoisotopic (exact) mass is 408 g/mol. The van der Waals surface area contributed by atoms with Crippen LogP contribution in [0.5, 0.6) is 5.75 Å². The molecule has 2 rings (SSSR count). The maximum atomic E-state index is 11.5. The Kier molecular flexibility index (Phi) is 7.61. The molecule has 1 aromatic carbocycles. The van der Waals surface area contributed by atoms with Gasteiger partial charge >= 0.3 is 12.1 Å². The lowest BCUT2D eigenvalue weighted by atomic mass is 10.1. The van der Waals surface area contributed by atoms with Gasteiger partial charge in [0.05, 0.1) is 22.5 Å². The van der Waals surface area contributed by atoms with Crippen LogP contribution < -0.4 is 16.2 Å². The fourth-order valence-electron chi connectivity index (χ4n) is 1.95. The van der Waals surface area contributed by atoms with Gasteiger partial charge in [-0.3, -0.25) is 9.48 Å². The maximum absolute atomic E-state index is 11.5. The van der Waals surface area contributed by atoms with E-state index >= 15 is 0 Å². The highest BCUT2D eigenvalue weighted by molar-refractivity contribution is 6.33. The van der Waals surface area contributed by atoms with Gasteiger partial charge in [0.2, 0.25) is 0 Å². The molecule has 0 atom stereocenters. The number of nitrogens with two attached hydrogens (primary N) is 2. The van der Waals surface area contributed by atoms with Gasteiger partial charge in [0.15, 0.2) is 0 Å². The molecule has 0 saturated carbocycles. The zero-order valence-electron chi connectivity index (χ0n) is 14.0. The quantitative estimate of drug-likeness (QED) is 0.690. The van der Waals surface area contributed by atoms with Crippen LogP contribution in [0.4, 0.5) is 13.2 Å². The number of hydrogen-bond acceptors (Lipinski definition) is 5. The van der Waals surface area contributed by atoms with E-state index in [-0.39, 0.29) is 12.2 Å². The number of rotatable bonds is 5. The lowest BCUT2D eigenvalue weighted by Crippen LogP contribution is -2.21. The first-order valence-corrected chi connectivity index (χ1v) is 7.62. The van der Waals surface area contributed by atoms with E-state index in [9.17, 15) is 18.0 Å². The molecule has 2 aromatic rings. The van der Waals surface area contributed by atoms with Crippen molar-refractivity contribution >= 4 is 23.5 Å². The number of benzene rings is 1. The number of nitrogens with zero attached hydrogens (tertiary/aromatic N) is 2. The fraction of sp³-hybridized carbons (Fsp3) is 0.267. The smallest absolute Gasteiger partial charge is 0.490 e. The first kappa shape index (κ1) is 22.3. The number of halogens is 4. The predicted octanol–water partition coefficient (Wildman–Crippen LogP) is 1.81. The predicted molar refractivity (Wildman–Crippen MR) is 90.4 cm³/mol. The van der Waals surface area contributed by atoms with Gasteiger partial charge in [-0.2, -0.15) is 18.3 Å². The number of aromatic nitrogens is 2. The van der Waals surface area contributed by atoms with Gasteiger partial charge in [-0.15, -0.1) is 0 Å². The van der Waals surface area contributed by atoms with Crippen LogP contribution in [0.2, 0.25) is 5.02 Å². The highest BCUT2D eigenvalue weighted by atomic mass is 35.5. The number of alkyl halides is 3. The van der Waals surface area contributed by atoms with Crippen molar-refractivity contribution in [1.82, 2.24) is 9.78 Å². The molecule has 1 aromatic heterocycles. The van der Waals surface area contributed by atoms with Gasteiger partial charge in [0.1, 0.15) is 12.4 Å². The molecule has 1 heterocycles. The molecular weight excluding hydrogens is 393 g/mol. The van der Waals surface area contributed by atoms with E-state index in [4.69, 9.17) is 37.7 Å². The molecule has 27 heavy (non-hydrogen) atoms. The summed E-state index contributed by atoms with van der Waals surface area (Å²) in [4.78, 5) is 20.4. The van der Waals surface area contributed by atoms with Gasteiger partial charge < -0.3 is 21.3 Å². The van der Waals surface area contributed by atoms with Crippen molar-refractivity contribution in [3.05, 3.63) is 35.0 Å². The Morgan fingerprint density at radius 1 is 1.37 bits per heavy atom. The summed E-state index contributed by atoms with van der Waals surface area (Å²) in [7, 11) is 1.75. The van der Waals surface area contributed by atoms with E-state index in [0.29, 0.717) is 28.6 Å². The summed E-state index contributed by atoms with van der Waals surface area (Å²) in [6, 6.07) is 5.11. The molecule has 0 aliphatic rings. The van der Waals surface area contributed by atoms with Crippen LogP contribution in [0, 0.1) is 0 Å². The number of para-hydroxylation sites is 1. The zero-order valence-corrected chi connectivity index (χ0v) is 14.7. The third-order valence-corrected chi connectivity index (χ3v) is 3.31. The molecule has 1 amide bonds. The number of amides is 1. The second kappa shape index (κ2) is 9.24. The summed E-state index contributed by atoms with van der Waals surface area (Å²) >= 11 is 6.14. The Morgan fingerprint density at radius 2 is 1.96 bits per heavy atom. The first-order valence-electron chi connectivity index (χ1n) is 7.24. The highest BCUT2D eigenvalue weighted by Gasteiger charge is 2.38. The number of aliphatic carboxylic acids is 1. The van der Waals surface area contributed by atoms with E-state index in [2.05, 4.69) is 5.10 Å². The molecule has 5 N–H and O–H groups in total. The third-order valence-electron chi connectivity index (χ3n) is 3.04. The van der Waals surface area contributed by atoms with Crippen LogP contribution in [0.25, 0.3) is 11.3 Å². The highest BCUT2D eigenvalue weighted by Crippen LogP contribution is 2.36. The number of hydrogen-bond donors (Lipinski definition) is 3. The Morgan fingerprint density at radius 3 is 2.37 bits per heavy atom. The Hall–Kier alpha value is -2.79. The van der Waals surface area contributed by atoms with Gasteiger partial charge in [-0.1, -0.05) is 17.7 Å². The number of primary amides is 1. The fourth-order valence-corrected chi connectivity index (χ4v) is 2.22. The molecule has 0 unspecified atom stereocenters. The number of carbonyl (C=O) groups excluding carboxylic acids is 1. The number of carbonyl (C=O) groups is 2. The molecule has 148 valence electrons. The second-order valence-corrected chi connectivity index (χ2v) is 5.36. The summed E-state index contributed by atoms with van der Waals surface area (Å²) < 4.78 is 38.9. The van der Waals surface area contributed by atoms with Crippen LogP contribution in [0.1, 0.15) is 10.4 Å². The lowest BCUT2D eigenvalue weighted by molar-refractivity contribution is -0.192. The molecule has 0 aliphatic carbocycles. The summed E-state index contributed by atoms with van der Waals surface area (Å²) in [5.41, 5.74) is 12.4. The number of carboxylic acids is 1. The van der Waals surface area contributed by atoms with Crippen molar-refractivity contribution in [1.29, 1.82) is 0 Å². The number of aryl methyl sites for hydroxylation is 1. The lowest BCUT2D eigenvalue weighted by Gasteiger charge is -2.14. The van der Waals surface area contributed by atoms with Gasteiger partial charge in [0.25, 0.3) is 5.91 Å². The van der Waals surface area contributed by atoms with E-state index in [1.165, 1.54) is 6.20 Å². The maximum Gasteiger partial charge on any atom is 0.490 e. The van der Waals surface area contributed by atoms with Crippen LogP contribution in [-0.4, -0.2) is 46.1 Å². The van der Waals surface area contributed by atoms with E-state index in [1.807, 2.05) is 0 Å². The van der Waals surface area contributed by atoms with Crippen molar-refractivity contribution in [3.63, 3.8) is 0 Å². The van der Waals surface area contributed by atoms with Gasteiger partial charge in [-0.05, 0) is 12.1 Å². The Labute approximate surface area is 156 Å². The molecule has 0 fully saturated rings. The minimum Gasteiger partial charge on any atom is -0.491 e. The van der Waals surface area contributed by atoms with Crippen molar-refractivity contribution in [2.75, 3.05) is 13.2 Å². The molecule has 12 heteroatoms. The molecule has 8 nitrogen and oxygen atoms in total. The van der Waals surface area contributed by atoms with Crippen molar-refractivity contribution in [3.8, 4) is 17.0 Å². The average molecular weight is 409 g/mol. The van der Waals surface area contributed by atoms with Gasteiger partial charge in [0, 0.05) is 19.2 Å². The second-order valence-electron chi connectivity index (χ2n) is 4.95. The Bertz CT molecular complexity index is 804. The minimum atomic E-state index is -5.08. The van der Waals surface area contributed by atoms with Gasteiger partial charge in [-0.25, -0.2) is 4.79 Å². The third kappa shape index (κ3) is 5.86. The normalized spacial score (nSPS) is 10.7. The minimum absolute atomic E-state index is 0.271. The van der Waals surface area contributed by atoms with Crippen molar-refractivity contribution in [2.24, 2.45) is 18.5 Å². The average Bonchev–Trinajstić information content (AvgIpc) is 2.90. The molecule has 0 aliphatic heterocycles. The molecule has 0 radical (unpaired) electrons. The van der Waals surface area contributed by atoms with Crippen LogP contribution in [0.15, 0.2) is 24.4 Å². The zero-order chi connectivity index (χ0) is 20.8.